The second-order valence-corrected chi connectivity index (χ2v) is 8.42. The Bertz CT molecular complexity index is 932. The number of rotatable bonds is 3. The number of benzene rings is 1. The molecule has 1 aliphatic rings. The fourth-order valence-electron chi connectivity index (χ4n) is 3.64. The summed E-state index contributed by atoms with van der Waals surface area (Å²) in [6.45, 7) is 8.85. The van der Waals surface area contributed by atoms with E-state index in [9.17, 15) is 14.8 Å². The fourth-order valence-corrected chi connectivity index (χ4v) is 3.64. The van der Waals surface area contributed by atoms with Crippen molar-refractivity contribution in [3.8, 4) is 0 Å². The number of aromatic nitrogens is 1. The molecule has 0 atom stereocenters. The van der Waals surface area contributed by atoms with Gasteiger partial charge in [0.05, 0.1) is 0 Å². The molecule has 0 fully saturated rings. The lowest BCUT2D eigenvalue weighted by Crippen LogP contribution is -2.37. The molecule has 1 aliphatic carbocycles. The summed E-state index contributed by atoms with van der Waals surface area (Å²) in [6.07, 6.45) is 3.04. The third-order valence-corrected chi connectivity index (χ3v) is 5.50. The quantitative estimate of drug-likeness (QED) is 0.639. The van der Waals surface area contributed by atoms with Crippen LogP contribution in [-0.2, 0) is 10.8 Å². The van der Waals surface area contributed by atoms with Crippen LogP contribution in [0.2, 0.25) is 0 Å². The number of carboxylic acid groups (broad SMARTS) is 1. The number of nitrogens with zero attached hydrogens (tertiary/aromatic N) is 1. The molecule has 0 bridgehead atoms. The summed E-state index contributed by atoms with van der Waals surface area (Å²) in [6, 6.07) is 8.33. The Morgan fingerprint density at radius 3 is 2.26 bits per heavy atom. The van der Waals surface area contributed by atoms with Gasteiger partial charge in [-0.25, -0.2) is 4.79 Å². The molecule has 6 heteroatoms. The molecule has 27 heavy (non-hydrogen) atoms. The second kappa shape index (κ2) is 6.37. The van der Waals surface area contributed by atoms with Crippen LogP contribution in [0, 0.1) is 5.21 Å². The highest BCUT2D eigenvalue weighted by molar-refractivity contribution is 6.02. The van der Waals surface area contributed by atoms with Gasteiger partial charge in [0.1, 0.15) is 5.56 Å². The van der Waals surface area contributed by atoms with Crippen molar-refractivity contribution < 1.29 is 19.4 Å². The zero-order valence-electron chi connectivity index (χ0n) is 16.0. The van der Waals surface area contributed by atoms with E-state index in [1.807, 2.05) is 18.2 Å². The van der Waals surface area contributed by atoms with Crippen molar-refractivity contribution in [2.24, 2.45) is 0 Å². The zero-order chi connectivity index (χ0) is 20.0. The average Bonchev–Trinajstić information content (AvgIpc) is 2.58. The highest BCUT2D eigenvalue weighted by Crippen LogP contribution is 2.46. The number of carboxylic acids is 1. The van der Waals surface area contributed by atoms with Crippen molar-refractivity contribution in [1.82, 2.24) is 0 Å². The Balaban J connectivity index is 1.91. The molecule has 1 amide bonds. The van der Waals surface area contributed by atoms with Crippen LogP contribution in [0.15, 0.2) is 36.5 Å². The molecule has 0 unspecified atom stereocenters. The van der Waals surface area contributed by atoms with Crippen molar-refractivity contribution >= 4 is 17.6 Å². The number of carbonyl (C=O) groups excluding carboxylic acids is 1. The molecule has 3 rings (SSSR count). The normalized spacial score (nSPS) is 17.0. The van der Waals surface area contributed by atoms with Crippen LogP contribution in [0.1, 0.15) is 72.5 Å². The van der Waals surface area contributed by atoms with Gasteiger partial charge >= 0.3 is 11.9 Å². The lowest BCUT2D eigenvalue weighted by molar-refractivity contribution is -0.607. The number of fused-ring (bicyclic) bond motifs is 1. The van der Waals surface area contributed by atoms with E-state index in [2.05, 4.69) is 33.0 Å². The van der Waals surface area contributed by atoms with Gasteiger partial charge in [-0.1, -0.05) is 33.8 Å². The summed E-state index contributed by atoms with van der Waals surface area (Å²) in [4.78, 5) is 23.4. The topological polar surface area (TPSA) is 93.3 Å². The minimum absolute atomic E-state index is 0.00711. The molecule has 0 spiro atoms. The van der Waals surface area contributed by atoms with Gasteiger partial charge < -0.3 is 15.6 Å². The van der Waals surface area contributed by atoms with Gasteiger partial charge in [-0.2, -0.15) is 4.73 Å². The van der Waals surface area contributed by atoms with Crippen molar-refractivity contribution in [2.75, 3.05) is 5.32 Å². The minimum atomic E-state index is -1.22. The summed E-state index contributed by atoms with van der Waals surface area (Å²) in [7, 11) is 0. The van der Waals surface area contributed by atoms with Crippen LogP contribution in [0.5, 0.6) is 0 Å². The first kappa shape index (κ1) is 18.9. The lowest BCUT2D eigenvalue weighted by atomic mass is 9.63. The van der Waals surface area contributed by atoms with Crippen LogP contribution >= 0.6 is 0 Å². The maximum absolute atomic E-state index is 12.5. The molecule has 1 aromatic heterocycles. The van der Waals surface area contributed by atoms with Crippen molar-refractivity contribution in [3.63, 3.8) is 0 Å². The Morgan fingerprint density at radius 1 is 1.04 bits per heavy atom. The molecule has 0 saturated carbocycles. The highest BCUT2D eigenvalue weighted by Gasteiger charge is 2.37. The number of aromatic carboxylic acids is 1. The van der Waals surface area contributed by atoms with Crippen LogP contribution < -0.4 is 10.0 Å². The third-order valence-electron chi connectivity index (χ3n) is 5.50. The standard InChI is InChI=1S/C21H24N2O4/c1-20(2)9-10-21(3,4)16-11-14(6-7-15(16)20)22-18(24)17-8-5-13(19(25)26)12-23(17)27/h5-8,11-12H,9-10H2,1-4H3,(H,22,24)(H,25,26). The molecule has 6 nitrogen and oxygen atoms in total. The van der Waals surface area contributed by atoms with Crippen LogP contribution in [0.25, 0.3) is 0 Å². The van der Waals surface area contributed by atoms with Gasteiger partial charge in [0.2, 0.25) is 0 Å². The molecule has 142 valence electrons. The SMILES string of the molecule is CC1(C)CCC(C)(C)c2cc(NC(=O)c3ccc(C(=O)O)c[n+]3[O-])ccc21. The smallest absolute Gasteiger partial charge is 0.341 e. The van der Waals surface area contributed by atoms with Crippen LogP contribution in [-0.4, -0.2) is 17.0 Å². The van der Waals surface area contributed by atoms with Gasteiger partial charge in [-0.15, -0.1) is 0 Å². The monoisotopic (exact) mass is 368 g/mol. The number of nitrogens with one attached hydrogen (secondary N) is 1. The number of pyridine rings is 1. The Kier molecular flexibility index (Phi) is 4.46. The summed E-state index contributed by atoms with van der Waals surface area (Å²) >= 11 is 0. The maximum atomic E-state index is 12.5. The number of hydrogen-bond donors (Lipinski definition) is 2. The number of anilines is 1. The minimum Gasteiger partial charge on any atom is -0.618 e. The van der Waals surface area contributed by atoms with E-state index in [1.54, 1.807) is 0 Å². The Labute approximate surface area is 158 Å². The molecular weight excluding hydrogens is 344 g/mol. The summed E-state index contributed by atoms with van der Waals surface area (Å²) in [5.41, 5.74) is 2.86. The number of hydrogen-bond acceptors (Lipinski definition) is 3. The van der Waals surface area contributed by atoms with Crippen molar-refractivity contribution in [1.29, 1.82) is 0 Å². The molecule has 1 heterocycles. The summed E-state index contributed by atoms with van der Waals surface area (Å²) in [5, 5.41) is 23.7. The lowest BCUT2D eigenvalue weighted by Gasteiger charge is -2.42. The largest absolute Gasteiger partial charge is 0.618 e. The number of carbonyl (C=O) groups is 2. The highest BCUT2D eigenvalue weighted by atomic mass is 16.5. The molecule has 0 saturated heterocycles. The molecule has 2 aromatic rings. The van der Waals surface area contributed by atoms with Crippen LogP contribution in [0.3, 0.4) is 0 Å². The van der Waals surface area contributed by atoms with E-state index in [0.29, 0.717) is 5.69 Å². The first-order valence-corrected chi connectivity index (χ1v) is 8.94. The second-order valence-electron chi connectivity index (χ2n) is 8.42. The van der Waals surface area contributed by atoms with Crippen molar-refractivity contribution in [3.05, 3.63) is 64.1 Å². The first-order valence-electron chi connectivity index (χ1n) is 8.94. The van der Waals surface area contributed by atoms with Gasteiger partial charge in [0.15, 0.2) is 6.20 Å². The summed E-state index contributed by atoms with van der Waals surface area (Å²) in [5.74, 6) is -1.79. The summed E-state index contributed by atoms with van der Waals surface area (Å²) < 4.78 is 0.282. The zero-order valence-corrected chi connectivity index (χ0v) is 16.0. The average molecular weight is 368 g/mol. The molecule has 0 radical (unpaired) electrons. The Hall–Kier alpha value is -2.89. The van der Waals surface area contributed by atoms with E-state index in [1.165, 1.54) is 23.3 Å². The predicted octanol–water partition coefficient (Wildman–Crippen LogP) is 3.62. The van der Waals surface area contributed by atoms with Gasteiger partial charge in [0, 0.05) is 11.8 Å². The van der Waals surface area contributed by atoms with E-state index in [0.717, 1.165) is 19.0 Å². The van der Waals surface area contributed by atoms with Gasteiger partial charge in [-0.3, -0.25) is 4.79 Å². The van der Waals surface area contributed by atoms with E-state index < -0.39 is 11.9 Å². The molecule has 1 aromatic carbocycles. The van der Waals surface area contributed by atoms with Gasteiger partial charge in [-0.05, 0) is 53.0 Å². The maximum Gasteiger partial charge on any atom is 0.341 e. The molecular formula is C21H24N2O4. The molecule has 0 aliphatic heterocycles. The van der Waals surface area contributed by atoms with Crippen LogP contribution in [0.4, 0.5) is 5.69 Å². The fraction of sp³-hybridized carbons (Fsp3) is 0.381. The van der Waals surface area contributed by atoms with E-state index >= 15 is 0 Å². The predicted molar refractivity (Wildman–Crippen MR) is 102 cm³/mol. The van der Waals surface area contributed by atoms with E-state index in [4.69, 9.17) is 5.11 Å². The van der Waals surface area contributed by atoms with Crippen molar-refractivity contribution in [2.45, 2.75) is 51.4 Å². The van der Waals surface area contributed by atoms with Gasteiger partial charge in [0.25, 0.3) is 5.69 Å². The Morgan fingerprint density at radius 2 is 1.67 bits per heavy atom. The number of amides is 1. The molecule has 2 N–H and O–H groups in total. The third kappa shape index (κ3) is 3.52. The van der Waals surface area contributed by atoms with E-state index in [-0.39, 0.29) is 26.8 Å². The first-order chi connectivity index (χ1) is 12.5.